The van der Waals surface area contributed by atoms with Crippen molar-refractivity contribution in [2.75, 3.05) is 26.9 Å². The minimum Gasteiger partial charge on any atom is -0.494 e. The van der Waals surface area contributed by atoms with Gasteiger partial charge in [-0.1, -0.05) is 29.4 Å². The number of rotatable bonds is 15. The van der Waals surface area contributed by atoms with Crippen LogP contribution in [0.5, 0.6) is 17.2 Å². The van der Waals surface area contributed by atoms with Crippen molar-refractivity contribution in [1.82, 2.24) is 0 Å². The molecule has 0 aliphatic rings. The molecule has 0 amide bonds. The summed E-state index contributed by atoms with van der Waals surface area (Å²) in [6.07, 6.45) is 8.85. The molecule has 0 heterocycles. The number of benzene rings is 2. The molecule has 0 aromatic heterocycles. The van der Waals surface area contributed by atoms with E-state index in [1.165, 1.54) is 5.56 Å². The maximum absolute atomic E-state index is 6.06. The van der Waals surface area contributed by atoms with Crippen molar-refractivity contribution in [3.05, 3.63) is 65.2 Å². The summed E-state index contributed by atoms with van der Waals surface area (Å²) in [7, 11) is 1.58. The van der Waals surface area contributed by atoms with E-state index in [4.69, 9.17) is 19.0 Å². The normalized spacial score (nSPS) is 11.6. The Hall–Kier alpha value is -2.95. The van der Waals surface area contributed by atoms with Crippen LogP contribution >= 0.6 is 0 Å². The number of nitrogens with zero attached hydrogens (tertiary/aromatic N) is 1. The molecular formula is C28H39NO4. The molecule has 0 radical (unpaired) electrons. The van der Waals surface area contributed by atoms with Gasteiger partial charge in [0.15, 0.2) is 0 Å². The smallest absolute Gasteiger partial charge is 0.125 e. The second-order valence-electron chi connectivity index (χ2n) is 8.18. The van der Waals surface area contributed by atoms with Crippen LogP contribution in [0, 0.1) is 13.8 Å². The summed E-state index contributed by atoms with van der Waals surface area (Å²) in [5, 5.41) is 3.96. The third-order valence-corrected chi connectivity index (χ3v) is 5.24. The largest absolute Gasteiger partial charge is 0.494 e. The summed E-state index contributed by atoms with van der Waals surface area (Å²) in [6, 6.07) is 12.4. The van der Waals surface area contributed by atoms with E-state index >= 15 is 0 Å². The molecule has 0 saturated heterocycles. The van der Waals surface area contributed by atoms with Crippen LogP contribution in [0.1, 0.15) is 56.2 Å². The zero-order chi connectivity index (χ0) is 23.9. The summed E-state index contributed by atoms with van der Waals surface area (Å²) in [5.74, 6) is 2.77. The number of unbranched alkanes of at least 4 members (excludes halogenated alkanes) is 2. The highest BCUT2D eigenvalue weighted by Gasteiger charge is 2.07. The molecule has 0 unspecified atom stereocenters. The van der Waals surface area contributed by atoms with E-state index in [1.807, 2.05) is 50.3 Å². The minimum absolute atomic E-state index is 0.588. The van der Waals surface area contributed by atoms with Crippen LogP contribution in [-0.2, 0) is 11.3 Å². The highest BCUT2D eigenvalue weighted by molar-refractivity contribution is 5.81. The molecule has 5 nitrogen and oxygen atoms in total. The van der Waals surface area contributed by atoms with Crippen LogP contribution in [0.4, 0.5) is 0 Å². The van der Waals surface area contributed by atoms with E-state index in [-0.39, 0.29) is 0 Å². The lowest BCUT2D eigenvalue weighted by atomic mass is 10.1. The number of hydrogen-bond donors (Lipinski definition) is 0. The third kappa shape index (κ3) is 10.0. The van der Waals surface area contributed by atoms with Gasteiger partial charge in [0.05, 0.1) is 18.9 Å². The van der Waals surface area contributed by atoms with Gasteiger partial charge in [-0.25, -0.2) is 0 Å². The maximum Gasteiger partial charge on any atom is 0.125 e. The van der Waals surface area contributed by atoms with Gasteiger partial charge in [0, 0.05) is 0 Å². The first-order valence-electron chi connectivity index (χ1n) is 11.8. The van der Waals surface area contributed by atoms with Gasteiger partial charge < -0.3 is 19.0 Å². The second-order valence-corrected chi connectivity index (χ2v) is 8.18. The molecule has 0 aliphatic heterocycles. The van der Waals surface area contributed by atoms with E-state index in [0.29, 0.717) is 19.8 Å². The average Bonchev–Trinajstić information content (AvgIpc) is 2.79. The fourth-order valence-electron chi connectivity index (χ4n) is 3.52. The highest BCUT2D eigenvalue weighted by Crippen LogP contribution is 2.28. The van der Waals surface area contributed by atoms with Crippen molar-refractivity contribution < 1.29 is 19.0 Å². The molecule has 2 rings (SSSR count). The monoisotopic (exact) mass is 453 g/mol. The average molecular weight is 454 g/mol. The third-order valence-electron chi connectivity index (χ3n) is 5.24. The number of allylic oxidation sites excluding steroid dienone is 1. The molecule has 0 bridgehead atoms. The molecule has 2 aromatic rings. The standard InChI is InChI=1S/C28H39NO4/c1-6-7-16-32-27-19-22(2)28(23(3)20-27)33-18-10-8-9-17-31-26-13-11-12-25(21-26)15-14-24(4)29-30-5/h6-7,11-13,19-21H,8-10,14-18H2,1-5H3/b7-6+,29-24-. The molecular weight excluding hydrogens is 414 g/mol. The first-order valence-corrected chi connectivity index (χ1v) is 11.8. The lowest BCUT2D eigenvalue weighted by molar-refractivity contribution is 0.212. The van der Waals surface area contributed by atoms with Crippen molar-refractivity contribution in [3.8, 4) is 17.2 Å². The minimum atomic E-state index is 0.588. The molecule has 0 saturated carbocycles. The second kappa shape index (κ2) is 15.0. The Morgan fingerprint density at radius 2 is 1.64 bits per heavy atom. The molecule has 0 aliphatic carbocycles. The van der Waals surface area contributed by atoms with E-state index in [2.05, 4.69) is 31.1 Å². The summed E-state index contributed by atoms with van der Waals surface area (Å²) in [5.41, 5.74) is 4.45. The molecule has 33 heavy (non-hydrogen) atoms. The zero-order valence-corrected chi connectivity index (χ0v) is 20.9. The van der Waals surface area contributed by atoms with Gasteiger partial charge in [0.1, 0.15) is 31.0 Å². The van der Waals surface area contributed by atoms with Crippen LogP contribution in [0.25, 0.3) is 0 Å². The molecule has 5 heteroatoms. The van der Waals surface area contributed by atoms with Gasteiger partial charge in [0.25, 0.3) is 0 Å². The lowest BCUT2D eigenvalue weighted by Crippen LogP contribution is -2.03. The van der Waals surface area contributed by atoms with Crippen molar-refractivity contribution >= 4 is 5.71 Å². The Kier molecular flexibility index (Phi) is 11.9. The Morgan fingerprint density at radius 1 is 0.909 bits per heavy atom. The molecule has 0 N–H and O–H groups in total. The van der Waals surface area contributed by atoms with E-state index < -0.39 is 0 Å². The van der Waals surface area contributed by atoms with Crippen LogP contribution in [-0.4, -0.2) is 32.6 Å². The number of ether oxygens (including phenoxy) is 3. The van der Waals surface area contributed by atoms with E-state index in [0.717, 1.165) is 66.2 Å². The highest BCUT2D eigenvalue weighted by atomic mass is 16.6. The predicted molar refractivity (Wildman–Crippen MR) is 136 cm³/mol. The van der Waals surface area contributed by atoms with Gasteiger partial charge in [0.2, 0.25) is 0 Å². The molecule has 0 fully saturated rings. The zero-order valence-electron chi connectivity index (χ0n) is 20.9. The van der Waals surface area contributed by atoms with Crippen molar-refractivity contribution in [1.29, 1.82) is 0 Å². The SMILES string of the molecule is C/C=C/COc1cc(C)c(OCCCCCOc2cccc(CC/C(C)=N\OC)c2)c(C)c1. The van der Waals surface area contributed by atoms with Crippen molar-refractivity contribution in [3.63, 3.8) is 0 Å². The van der Waals surface area contributed by atoms with Gasteiger partial charge in [-0.15, -0.1) is 0 Å². The Bertz CT molecular complexity index is 882. The molecule has 180 valence electrons. The molecule has 0 spiro atoms. The number of hydrogen-bond acceptors (Lipinski definition) is 5. The van der Waals surface area contributed by atoms with Crippen LogP contribution < -0.4 is 14.2 Å². The fraction of sp³-hybridized carbons (Fsp3) is 0.464. The first-order chi connectivity index (χ1) is 16.0. The topological polar surface area (TPSA) is 49.3 Å². The first kappa shape index (κ1) is 26.3. The Balaban J connectivity index is 1.66. The van der Waals surface area contributed by atoms with Gasteiger partial charge in [-0.2, -0.15) is 0 Å². The summed E-state index contributed by atoms with van der Waals surface area (Å²) in [6.45, 7) is 10.1. The summed E-state index contributed by atoms with van der Waals surface area (Å²) < 4.78 is 17.8. The van der Waals surface area contributed by atoms with E-state index in [1.54, 1.807) is 7.11 Å². The summed E-state index contributed by atoms with van der Waals surface area (Å²) in [4.78, 5) is 4.81. The van der Waals surface area contributed by atoms with Crippen LogP contribution in [0.2, 0.25) is 0 Å². The van der Waals surface area contributed by atoms with Crippen molar-refractivity contribution in [2.24, 2.45) is 5.16 Å². The maximum atomic E-state index is 6.06. The Labute approximate surface area is 199 Å². The van der Waals surface area contributed by atoms with Gasteiger partial charge >= 0.3 is 0 Å². The molecule has 0 atom stereocenters. The van der Waals surface area contributed by atoms with Crippen molar-refractivity contribution in [2.45, 2.75) is 59.8 Å². The lowest BCUT2D eigenvalue weighted by Gasteiger charge is -2.14. The quantitative estimate of drug-likeness (QED) is 0.128. The predicted octanol–water partition coefficient (Wildman–Crippen LogP) is 6.84. The number of aryl methyl sites for hydroxylation is 3. The van der Waals surface area contributed by atoms with Crippen LogP contribution in [0.3, 0.4) is 0 Å². The summed E-state index contributed by atoms with van der Waals surface area (Å²) >= 11 is 0. The van der Waals surface area contributed by atoms with Gasteiger partial charge in [-0.3, -0.25) is 0 Å². The van der Waals surface area contributed by atoms with Crippen LogP contribution in [0.15, 0.2) is 53.7 Å². The Morgan fingerprint density at radius 3 is 2.33 bits per heavy atom. The van der Waals surface area contributed by atoms with E-state index in [9.17, 15) is 0 Å². The molecule has 2 aromatic carbocycles. The van der Waals surface area contributed by atoms with Gasteiger partial charge in [-0.05, 0) is 101 Å². The number of oxime groups is 1. The fourth-order valence-corrected chi connectivity index (χ4v) is 3.52.